The highest BCUT2D eigenvalue weighted by atomic mass is 35.5. The lowest BCUT2D eigenvalue weighted by Crippen LogP contribution is -2.88. The van der Waals surface area contributed by atoms with Crippen LogP contribution in [0.4, 0.5) is 0 Å². The molecule has 0 amide bonds. The van der Waals surface area contributed by atoms with Crippen LogP contribution in [0.25, 0.3) is 0 Å². The van der Waals surface area contributed by atoms with E-state index in [2.05, 4.69) is 17.4 Å². The predicted molar refractivity (Wildman–Crippen MR) is 111 cm³/mol. The number of hydrogen-bond donors (Lipinski definition) is 1. The second-order valence-electron chi connectivity index (χ2n) is 7.41. The molecule has 2 aromatic rings. The van der Waals surface area contributed by atoms with Gasteiger partial charge in [-0.1, -0.05) is 49.1 Å². The minimum Gasteiger partial charge on any atom is -0.493 e. The van der Waals surface area contributed by atoms with E-state index >= 15 is 0 Å². The maximum atomic E-state index is 6.18. The Labute approximate surface area is 168 Å². The molecule has 0 atom stereocenters. The van der Waals surface area contributed by atoms with Gasteiger partial charge in [-0.25, -0.2) is 0 Å². The summed E-state index contributed by atoms with van der Waals surface area (Å²) in [5.41, 5.74) is 2.30. The number of ether oxygens (including phenoxy) is 2. The van der Waals surface area contributed by atoms with Crippen LogP contribution in [0.3, 0.4) is 0 Å². The van der Waals surface area contributed by atoms with E-state index in [-0.39, 0.29) is 0 Å². The Morgan fingerprint density at radius 3 is 2.37 bits per heavy atom. The molecule has 0 heterocycles. The van der Waals surface area contributed by atoms with Gasteiger partial charge in [-0.2, -0.15) is 0 Å². The van der Waals surface area contributed by atoms with Crippen LogP contribution in [-0.2, 0) is 13.2 Å². The van der Waals surface area contributed by atoms with Gasteiger partial charge >= 0.3 is 0 Å². The molecule has 1 aliphatic rings. The van der Waals surface area contributed by atoms with Crippen molar-refractivity contribution >= 4 is 11.6 Å². The van der Waals surface area contributed by atoms with Crippen molar-refractivity contribution in [2.75, 3.05) is 7.11 Å². The summed E-state index contributed by atoms with van der Waals surface area (Å²) in [5, 5.41) is 3.24. The van der Waals surface area contributed by atoms with Gasteiger partial charge in [-0.05, 0) is 55.5 Å². The highest BCUT2D eigenvalue weighted by molar-refractivity contribution is 6.30. The van der Waals surface area contributed by atoms with Gasteiger partial charge < -0.3 is 14.8 Å². The fourth-order valence-electron chi connectivity index (χ4n) is 3.80. The van der Waals surface area contributed by atoms with Gasteiger partial charge in [0.25, 0.3) is 0 Å². The Morgan fingerprint density at radius 1 is 0.963 bits per heavy atom. The van der Waals surface area contributed by atoms with Crippen molar-refractivity contribution in [3.05, 3.63) is 58.6 Å². The molecule has 1 aliphatic carbocycles. The topological polar surface area (TPSA) is 35.1 Å². The smallest absolute Gasteiger partial charge is 0.170 e. The van der Waals surface area contributed by atoms with Crippen molar-refractivity contribution < 1.29 is 14.8 Å². The van der Waals surface area contributed by atoms with E-state index in [4.69, 9.17) is 21.1 Å². The Kier molecular flexibility index (Phi) is 7.85. The van der Waals surface area contributed by atoms with Crippen molar-refractivity contribution in [3.63, 3.8) is 0 Å². The molecule has 2 N–H and O–H groups in total. The largest absolute Gasteiger partial charge is 0.493 e. The average molecular weight is 389 g/mol. The number of para-hydroxylation sites is 1. The number of halogens is 1. The summed E-state index contributed by atoms with van der Waals surface area (Å²) in [5.74, 6) is 1.66. The lowest BCUT2D eigenvalue weighted by atomic mass is 9.96. The first-order valence-electron chi connectivity index (χ1n) is 10.1. The van der Waals surface area contributed by atoms with Gasteiger partial charge in [0.15, 0.2) is 11.5 Å². The van der Waals surface area contributed by atoms with Crippen LogP contribution < -0.4 is 14.8 Å². The molecule has 1 saturated carbocycles. The number of benzene rings is 2. The zero-order valence-corrected chi connectivity index (χ0v) is 17.0. The third-order valence-electron chi connectivity index (χ3n) is 5.40. The van der Waals surface area contributed by atoms with Crippen LogP contribution in [0.5, 0.6) is 11.5 Å². The van der Waals surface area contributed by atoms with Crippen LogP contribution in [0.2, 0.25) is 5.02 Å². The molecule has 0 saturated heterocycles. The first-order valence-corrected chi connectivity index (χ1v) is 10.5. The highest BCUT2D eigenvalue weighted by Gasteiger charge is 2.17. The van der Waals surface area contributed by atoms with Crippen LogP contribution in [0.1, 0.15) is 56.1 Å². The molecule has 0 radical (unpaired) electrons. The molecule has 0 aromatic heterocycles. The highest BCUT2D eigenvalue weighted by Crippen LogP contribution is 2.31. The van der Waals surface area contributed by atoms with E-state index in [1.165, 1.54) is 50.5 Å². The first-order chi connectivity index (χ1) is 13.3. The second-order valence-corrected chi connectivity index (χ2v) is 7.85. The third kappa shape index (κ3) is 6.15. The minimum absolute atomic E-state index is 0.508. The normalized spacial score (nSPS) is 15.8. The third-order valence-corrected chi connectivity index (χ3v) is 5.65. The van der Waals surface area contributed by atoms with E-state index in [1.807, 2.05) is 30.3 Å². The molecule has 0 spiro atoms. The fourth-order valence-corrected chi connectivity index (χ4v) is 3.93. The number of methoxy groups -OCH3 is 1. The Morgan fingerprint density at radius 2 is 1.67 bits per heavy atom. The lowest BCUT2D eigenvalue weighted by Gasteiger charge is -2.20. The standard InChI is InChI=1S/C23H30ClNO2/c1-26-22-11-7-8-19(16-25-21-9-5-3-2-4-6-10-21)23(22)27-17-18-12-14-20(24)15-13-18/h7-8,11-15,21,25H,2-6,9-10,16-17H2,1H3/p+1. The maximum absolute atomic E-state index is 6.18. The maximum Gasteiger partial charge on any atom is 0.170 e. The number of rotatable bonds is 7. The van der Waals surface area contributed by atoms with Gasteiger partial charge in [0, 0.05) is 5.02 Å². The second kappa shape index (κ2) is 10.6. The van der Waals surface area contributed by atoms with E-state index in [0.717, 1.165) is 34.7 Å². The zero-order valence-electron chi connectivity index (χ0n) is 16.3. The summed E-state index contributed by atoms with van der Waals surface area (Å²) in [4.78, 5) is 0. The Bertz CT molecular complexity index is 694. The number of quaternary nitrogens is 1. The monoisotopic (exact) mass is 388 g/mol. The fraction of sp³-hybridized carbons (Fsp3) is 0.478. The molecular weight excluding hydrogens is 358 g/mol. The predicted octanol–water partition coefficient (Wildman–Crippen LogP) is 5.10. The summed E-state index contributed by atoms with van der Waals surface area (Å²) < 4.78 is 11.7. The van der Waals surface area contributed by atoms with E-state index < -0.39 is 0 Å². The van der Waals surface area contributed by atoms with Crippen molar-refractivity contribution in [3.8, 4) is 11.5 Å². The SMILES string of the molecule is COc1cccc(C[NH2+]C2CCCCCCC2)c1OCc1ccc(Cl)cc1. The quantitative estimate of drug-likeness (QED) is 0.715. The van der Waals surface area contributed by atoms with Crippen LogP contribution in [0.15, 0.2) is 42.5 Å². The molecule has 4 heteroatoms. The Hall–Kier alpha value is -1.71. The van der Waals surface area contributed by atoms with Crippen molar-refractivity contribution in [1.82, 2.24) is 0 Å². The zero-order chi connectivity index (χ0) is 18.9. The molecule has 0 bridgehead atoms. The van der Waals surface area contributed by atoms with Gasteiger partial charge in [-0.3, -0.25) is 0 Å². The van der Waals surface area contributed by atoms with Crippen LogP contribution in [-0.4, -0.2) is 13.2 Å². The molecule has 0 aliphatic heterocycles. The summed E-state index contributed by atoms with van der Waals surface area (Å²) in [6.45, 7) is 1.44. The Balaban J connectivity index is 1.65. The summed E-state index contributed by atoms with van der Waals surface area (Å²) in [6.07, 6.45) is 9.55. The van der Waals surface area contributed by atoms with Gasteiger partial charge in [0.1, 0.15) is 13.2 Å². The molecule has 3 rings (SSSR count). The molecule has 2 aromatic carbocycles. The average Bonchev–Trinajstić information content (AvgIpc) is 2.67. The summed E-state index contributed by atoms with van der Waals surface area (Å²) >= 11 is 5.97. The lowest BCUT2D eigenvalue weighted by molar-refractivity contribution is -0.706. The van der Waals surface area contributed by atoms with Gasteiger partial charge in [0.2, 0.25) is 0 Å². The van der Waals surface area contributed by atoms with Crippen molar-refractivity contribution in [2.45, 2.75) is 64.1 Å². The number of nitrogens with two attached hydrogens (primary N) is 1. The number of hydrogen-bond acceptors (Lipinski definition) is 2. The van der Waals surface area contributed by atoms with Crippen molar-refractivity contribution in [1.29, 1.82) is 0 Å². The van der Waals surface area contributed by atoms with Gasteiger partial charge in [-0.15, -0.1) is 0 Å². The minimum atomic E-state index is 0.508. The molecule has 146 valence electrons. The molecule has 3 nitrogen and oxygen atoms in total. The van der Waals surface area contributed by atoms with E-state index in [9.17, 15) is 0 Å². The van der Waals surface area contributed by atoms with E-state index in [0.29, 0.717) is 6.61 Å². The van der Waals surface area contributed by atoms with Crippen LogP contribution in [0, 0.1) is 0 Å². The molecule has 27 heavy (non-hydrogen) atoms. The first kappa shape index (κ1) is 20.0. The summed E-state index contributed by atoms with van der Waals surface area (Å²) in [7, 11) is 1.70. The molecule has 0 unspecified atom stereocenters. The van der Waals surface area contributed by atoms with Gasteiger partial charge in [0.05, 0.1) is 18.7 Å². The summed E-state index contributed by atoms with van der Waals surface area (Å²) in [6, 6.07) is 14.7. The molecule has 1 fully saturated rings. The molecular formula is C23H31ClNO2+. The van der Waals surface area contributed by atoms with Crippen LogP contribution >= 0.6 is 11.6 Å². The van der Waals surface area contributed by atoms with E-state index in [1.54, 1.807) is 7.11 Å². The van der Waals surface area contributed by atoms with Crippen molar-refractivity contribution in [2.24, 2.45) is 0 Å².